The van der Waals surface area contributed by atoms with Crippen LogP contribution >= 0.6 is 11.3 Å². The molecule has 1 fully saturated rings. The van der Waals surface area contributed by atoms with Crippen LogP contribution < -0.4 is 16.0 Å². The zero-order valence-corrected chi connectivity index (χ0v) is 19.4. The Hall–Kier alpha value is -2.49. The zero-order chi connectivity index (χ0) is 22.0. The third-order valence-corrected chi connectivity index (χ3v) is 8.72. The van der Waals surface area contributed by atoms with Gasteiger partial charge in [0.2, 0.25) is 9.84 Å². The lowest BCUT2D eigenvalue weighted by atomic mass is 9.95. The van der Waals surface area contributed by atoms with Gasteiger partial charge in [-0.15, -0.1) is 11.3 Å². The maximum atomic E-state index is 13.3. The third kappa shape index (κ3) is 4.65. The summed E-state index contributed by atoms with van der Waals surface area (Å²) in [6.07, 6.45) is 6.67. The predicted octanol–water partition coefficient (Wildman–Crippen LogP) is 4.50. The average Bonchev–Trinajstić information content (AvgIpc) is 3.22. The van der Waals surface area contributed by atoms with E-state index in [1.807, 2.05) is 6.07 Å². The molecule has 0 bridgehead atoms. The van der Waals surface area contributed by atoms with E-state index in [0.717, 1.165) is 43.2 Å². The van der Waals surface area contributed by atoms with E-state index in [4.69, 9.17) is 9.97 Å². The standard InChI is InChI=1S/C23H27N5O2S2/c29-32(30,17-9-5-2-6-10-17)18-13-21(25-16-7-3-1-4-8-16)27-22(14-18)28-23-26-19-11-12-24-15-20(19)31-23/h2,5-6,9-10,13-14,16,24H,1,3-4,7-8,11-12,15H2,(H2,25,26,27,28). The van der Waals surface area contributed by atoms with Crippen LogP contribution in [0.15, 0.2) is 52.3 Å². The minimum Gasteiger partial charge on any atom is -0.367 e. The van der Waals surface area contributed by atoms with Crippen LogP contribution in [0.25, 0.3) is 0 Å². The molecule has 0 radical (unpaired) electrons. The molecule has 2 aromatic heterocycles. The number of fused-ring (bicyclic) bond motifs is 1. The second-order valence-corrected chi connectivity index (χ2v) is 11.3. The summed E-state index contributed by atoms with van der Waals surface area (Å²) in [5.41, 5.74) is 1.10. The maximum Gasteiger partial charge on any atom is 0.206 e. The maximum absolute atomic E-state index is 13.3. The predicted molar refractivity (Wildman–Crippen MR) is 127 cm³/mol. The van der Waals surface area contributed by atoms with Gasteiger partial charge in [0, 0.05) is 36.5 Å². The van der Waals surface area contributed by atoms with Gasteiger partial charge in [0.25, 0.3) is 0 Å². The molecule has 3 aromatic rings. The summed E-state index contributed by atoms with van der Waals surface area (Å²) in [6.45, 7) is 1.74. The molecule has 0 saturated heterocycles. The highest BCUT2D eigenvalue weighted by Crippen LogP contribution is 2.31. The molecule has 0 unspecified atom stereocenters. The molecule has 1 aromatic carbocycles. The number of benzene rings is 1. The second kappa shape index (κ2) is 9.17. The molecule has 32 heavy (non-hydrogen) atoms. The Kier molecular flexibility index (Phi) is 6.12. The Morgan fingerprint density at radius 3 is 2.53 bits per heavy atom. The number of thiazole rings is 1. The van der Waals surface area contributed by atoms with Gasteiger partial charge >= 0.3 is 0 Å². The SMILES string of the molecule is O=S(=O)(c1ccccc1)c1cc(Nc2nc3c(s2)CNCC3)nc(NC2CCCCC2)c1. The fraction of sp³-hybridized carbons (Fsp3) is 0.391. The van der Waals surface area contributed by atoms with Gasteiger partial charge in [0.05, 0.1) is 15.5 Å². The largest absolute Gasteiger partial charge is 0.367 e. The Balaban J connectivity index is 1.49. The summed E-state index contributed by atoms with van der Waals surface area (Å²) in [5, 5.41) is 10.8. The fourth-order valence-corrected chi connectivity index (χ4v) is 6.58. The summed E-state index contributed by atoms with van der Waals surface area (Å²) in [6, 6.07) is 12.1. The van der Waals surface area contributed by atoms with Gasteiger partial charge in [-0.3, -0.25) is 0 Å². The highest BCUT2D eigenvalue weighted by Gasteiger charge is 2.22. The van der Waals surface area contributed by atoms with E-state index in [-0.39, 0.29) is 9.79 Å². The minimum absolute atomic E-state index is 0.225. The summed E-state index contributed by atoms with van der Waals surface area (Å²) >= 11 is 1.59. The first-order valence-corrected chi connectivity index (χ1v) is 13.4. The number of aromatic nitrogens is 2. The lowest BCUT2D eigenvalue weighted by molar-refractivity contribution is 0.462. The molecule has 1 saturated carbocycles. The van der Waals surface area contributed by atoms with Crippen molar-refractivity contribution in [2.75, 3.05) is 17.2 Å². The molecule has 1 aliphatic carbocycles. The van der Waals surface area contributed by atoms with Crippen LogP contribution in [-0.4, -0.2) is 31.0 Å². The number of hydrogen-bond donors (Lipinski definition) is 3. The summed E-state index contributed by atoms with van der Waals surface area (Å²) in [5.74, 6) is 1.07. The number of pyridine rings is 1. The van der Waals surface area contributed by atoms with Gasteiger partial charge in [-0.05, 0) is 31.0 Å². The van der Waals surface area contributed by atoms with Crippen molar-refractivity contribution in [1.29, 1.82) is 0 Å². The molecule has 1 aliphatic heterocycles. The molecule has 2 aliphatic rings. The molecule has 0 amide bonds. The lowest BCUT2D eigenvalue weighted by Gasteiger charge is -2.23. The van der Waals surface area contributed by atoms with E-state index in [2.05, 4.69) is 16.0 Å². The normalized spacial score (nSPS) is 17.0. The summed E-state index contributed by atoms with van der Waals surface area (Å²) in [4.78, 5) is 11.1. The van der Waals surface area contributed by atoms with Gasteiger partial charge in [0.1, 0.15) is 11.6 Å². The van der Waals surface area contributed by atoms with Crippen LogP contribution in [0.2, 0.25) is 0 Å². The van der Waals surface area contributed by atoms with Gasteiger partial charge in [-0.1, -0.05) is 37.5 Å². The van der Waals surface area contributed by atoms with Crippen LogP contribution in [-0.2, 0) is 22.8 Å². The van der Waals surface area contributed by atoms with Gasteiger partial charge in [0.15, 0.2) is 5.13 Å². The molecular formula is C23H27N5O2S2. The number of nitrogens with one attached hydrogen (secondary N) is 3. The van der Waals surface area contributed by atoms with E-state index >= 15 is 0 Å². The Morgan fingerprint density at radius 2 is 1.75 bits per heavy atom. The topological polar surface area (TPSA) is 96.0 Å². The van der Waals surface area contributed by atoms with Crippen LogP contribution in [0.5, 0.6) is 0 Å². The van der Waals surface area contributed by atoms with Gasteiger partial charge < -0.3 is 16.0 Å². The van der Waals surface area contributed by atoms with Crippen molar-refractivity contribution in [1.82, 2.24) is 15.3 Å². The van der Waals surface area contributed by atoms with Crippen molar-refractivity contribution in [2.24, 2.45) is 0 Å². The minimum atomic E-state index is -3.67. The molecule has 3 heterocycles. The van der Waals surface area contributed by atoms with Crippen molar-refractivity contribution < 1.29 is 8.42 Å². The first kappa shape index (κ1) is 21.4. The smallest absolute Gasteiger partial charge is 0.206 e. The average molecular weight is 470 g/mol. The van der Waals surface area contributed by atoms with Crippen LogP contribution in [0, 0.1) is 0 Å². The second-order valence-electron chi connectivity index (χ2n) is 8.31. The van der Waals surface area contributed by atoms with Crippen LogP contribution in [0.1, 0.15) is 42.7 Å². The molecule has 0 spiro atoms. The van der Waals surface area contributed by atoms with Crippen molar-refractivity contribution in [3.05, 3.63) is 53.0 Å². The summed E-state index contributed by atoms with van der Waals surface area (Å²) < 4.78 is 26.7. The van der Waals surface area contributed by atoms with Crippen molar-refractivity contribution in [2.45, 2.75) is 60.9 Å². The van der Waals surface area contributed by atoms with E-state index in [1.165, 1.54) is 24.1 Å². The van der Waals surface area contributed by atoms with Gasteiger partial charge in [-0.2, -0.15) is 0 Å². The van der Waals surface area contributed by atoms with Gasteiger partial charge in [-0.25, -0.2) is 18.4 Å². The Morgan fingerprint density at radius 1 is 0.969 bits per heavy atom. The Bertz CT molecular complexity index is 1160. The molecule has 3 N–H and O–H groups in total. The molecule has 9 heteroatoms. The number of sulfone groups is 1. The van der Waals surface area contributed by atoms with Crippen LogP contribution in [0.3, 0.4) is 0 Å². The molecule has 168 valence electrons. The van der Waals surface area contributed by atoms with E-state index < -0.39 is 9.84 Å². The molecule has 7 nitrogen and oxygen atoms in total. The quantitative estimate of drug-likeness (QED) is 0.489. The van der Waals surface area contributed by atoms with E-state index in [0.29, 0.717) is 17.7 Å². The van der Waals surface area contributed by atoms with E-state index in [9.17, 15) is 8.42 Å². The zero-order valence-electron chi connectivity index (χ0n) is 17.8. The van der Waals surface area contributed by atoms with Crippen molar-refractivity contribution in [3.8, 4) is 0 Å². The highest BCUT2D eigenvalue weighted by atomic mass is 32.2. The first-order chi connectivity index (χ1) is 15.6. The number of anilines is 3. The van der Waals surface area contributed by atoms with Crippen molar-refractivity contribution >= 4 is 37.9 Å². The number of nitrogens with zero attached hydrogens (tertiary/aromatic N) is 2. The number of hydrogen-bond acceptors (Lipinski definition) is 8. The molecular weight excluding hydrogens is 442 g/mol. The first-order valence-electron chi connectivity index (χ1n) is 11.1. The number of rotatable bonds is 6. The fourth-order valence-electron chi connectivity index (χ4n) is 4.28. The highest BCUT2D eigenvalue weighted by molar-refractivity contribution is 7.91. The molecule has 0 atom stereocenters. The monoisotopic (exact) mass is 469 g/mol. The summed E-state index contributed by atoms with van der Waals surface area (Å²) in [7, 11) is -3.67. The van der Waals surface area contributed by atoms with Crippen molar-refractivity contribution in [3.63, 3.8) is 0 Å². The van der Waals surface area contributed by atoms with E-state index in [1.54, 1.807) is 47.7 Å². The Labute approximate surface area is 192 Å². The lowest BCUT2D eigenvalue weighted by Crippen LogP contribution is -2.23. The third-order valence-electron chi connectivity index (χ3n) is 5.96. The molecule has 5 rings (SSSR count). The van der Waals surface area contributed by atoms with Crippen LogP contribution in [0.4, 0.5) is 16.8 Å².